The molecule has 3 rings (SSSR count). The first kappa shape index (κ1) is 20.7. The fourth-order valence-electron chi connectivity index (χ4n) is 3.85. The van der Waals surface area contributed by atoms with E-state index in [0.29, 0.717) is 6.42 Å². The Labute approximate surface area is 166 Å². The van der Waals surface area contributed by atoms with E-state index >= 15 is 0 Å². The van der Waals surface area contributed by atoms with Crippen LogP contribution in [0.1, 0.15) is 37.4 Å². The summed E-state index contributed by atoms with van der Waals surface area (Å²) >= 11 is 0. The minimum Gasteiger partial charge on any atom is -0.394 e. The summed E-state index contributed by atoms with van der Waals surface area (Å²) in [6.07, 6.45) is 1.21. The topological polar surface area (TPSA) is 62.2 Å². The molecule has 0 saturated carbocycles. The van der Waals surface area contributed by atoms with Gasteiger partial charge in [-0.3, -0.25) is 0 Å². The second kappa shape index (κ2) is 8.99. The van der Waals surface area contributed by atoms with E-state index in [9.17, 15) is 10.3 Å². The quantitative estimate of drug-likeness (QED) is 0.534. The first-order valence-electron chi connectivity index (χ1n) is 9.61. The molecule has 1 saturated heterocycles. The zero-order valence-electron chi connectivity index (χ0n) is 16.4. The van der Waals surface area contributed by atoms with Crippen molar-refractivity contribution in [2.24, 2.45) is 0 Å². The van der Waals surface area contributed by atoms with Gasteiger partial charge in [0.15, 0.2) is 5.79 Å². The highest BCUT2D eigenvalue weighted by Crippen LogP contribution is 2.36. The van der Waals surface area contributed by atoms with Crippen molar-refractivity contribution in [2.45, 2.75) is 50.3 Å². The minimum absolute atomic E-state index is 0.184. The Hall–Kier alpha value is -2.02. The molecule has 2 aromatic carbocycles. The average molecular weight is 383 g/mol. The van der Waals surface area contributed by atoms with Crippen LogP contribution in [0.15, 0.2) is 73.3 Å². The van der Waals surface area contributed by atoms with Crippen LogP contribution in [0.3, 0.4) is 0 Å². The van der Waals surface area contributed by atoms with Crippen LogP contribution in [0.25, 0.3) is 0 Å². The molecule has 0 unspecified atom stereocenters. The SMILES string of the molecule is C=CC[C@@H]([C@@H]1OC(C)(C)O[C@@H]1CO)N(O)C(c1ccccc1)c1ccccc1. The monoisotopic (exact) mass is 383 g/mol. The maximum absolute atomic E-state index is 11.4. The van der Waals surface area contributed by atoms with Gasteiger partial charge in [0, 0.05) is 0 Å². The van der Waals surface area contributed by atoms with E-state index in [0.717, 1.165) is 11.1 Å². The minimum atomic E-state index is -0.826. The predicted octanol–water partition coefficient (Wildman–Crippen LogP) is 3.92. The standard InChI is InChI=1S/C23H29NO4/c1-4-11-19(22-20(16-25)27-23(2,3)28-22)24(26)21(17-12-7-5-8-13-17)18-14-9-6-10-15-18/h4-10,12-15,19-22,25-26H,1,11,16H2,2-3H3/t19-,20+,22-/m0/s1. The first-order valence-corrected chi connectivity index (χ1v) is 9.61. The van der Waals surface area contributed by atoms with Gasteiger partial charge in [-0.1, -0.05) is 66.7 Å². The zero-order valence-corrected chi connectivity index (χ0v) is 16.4. The normalized spacial score (nSPS) is 22.5. The summed E-state index contributed by atoms with van der Waals surface area (Å²) in [5, 5.41) is 22.6. The van der Waals surface area contributed by atoms with Crippen molar-refractivity contribution in [3.8, 4) is 0 Å². The van der Waals surface area contributed by atoms with Crippen LogP contribution >= 0.6 is 0 Å². The summed E-state index contributed by atoms with van der Waals surface area (Å²) in [5.74, 6) is -0.826. The number of rotatable bonds is 8. The van der Waals surface area contributed by atoms with E-state index in [1.807, 2.05) is 74.5 Å². The van der Waals surface area contributed by atoms with Gasteiger partial charge in [-0.15, -0.1) is 6.58 Å². The lowest BCUT2D eigenvalue weighted by Gasteiger charge is -2.37. The third-order valence-electron chi connectivity index (χ3n) is 5.02. The maximum Gasteiger partial charge on any atom is 0.163 e. The van der Waals surface area contributed by atoms with Crippen molar-refractivity contribution >= 4 is 0 Å². The molecule has 2 aromatic rings. The van der Waals surface area contributed by atoms with E-state index in [4.69, 9.17) is 9.47 Å². The fourth-order valence-corrected chi connectivity index (χ4v) is 3.85. The van der Waals surface area contributed by atoms with Crippen LogP contribution in [-0.4, -0.2) is 46.0 Å². The molecule has 0 aromatic heterocycles. The van der Waals surface area contributed by atoms with Gasteiger partial charge in [0.1, 0.15) is 12.2 Å². The van der Waals surface area contributed by atoms with E-state index in [1.165, 1.54) is 5.06 Å². The molecule has 2 N–H and O–H groups in total. The third-order valence-corrected chi connectivity index (χ3v) is 5.02. The van der Waals surface area contributed by atoms with Crippen LogP contribution in [0.5, 0.6) is 0 Å². The molecule has 0 radical (unpaired) electrons. The van der Waals surface area contributed by atoms with Crippen LogP contribution in [0.2, 0.25) is 0 Å². The van der Waals surface area contributed by atoms with Crippen molar-refractivity contribution in [3.05, 3.63) is 84.4 Å². The second-order valence-corrected chi connectivity index (χ2v) is 7.52. The molecule has 0 amide bonds. The Kier molecular flexibility index (Phi) is 6.65. The average Bonchev–Trinajstić information content (AvgIpc) is 3.02. The summed E-state index contributed by atoms with van der Waals surface area (Å²) in [7, 11) is 0. The van der Waals surface area contributed by atoms with Gasteiger partial charge in [0.2, 0.25) is 0 Å². The number of ether oxygens (including phenoxy) is 2. The molecular weight excluding hydrogens is 354 g/mol. The number of hydroxylamine groups is 2. The molecule has 1 fully saturated rings. The van der Waals surface area contributed by atoms with Crippen LogP contribution < -0.4 is 0 Å². The molecule has 3 atom stereocenters. The number of nitrogens with zero attached hydrogens (tertiary/aromatic N) is 1. The maximum atomic E-state index is 11.4. The molecule has 150 valence electrons. The third kappa shape index (κ3) is 4.51. The van der Waals surface area contributed by atoms with Gasteiger partial charge in [0.05, 0.1) is 18.7 Å². The molecule has 28 heavy (non-hydrogen) atoms. The first-order chi connectivity index (χ1) is 13.5. The van der Waals surface area contributed by atoms with Crippen LogP contribution in [0.4, 0.5) is 0 Å². The Morgan fingerprint density at radius 1 is 1.04 bits per heavy atom. The second-order valence-electron chi connectivity index (χ2n) is 7.52. The van der Waals surface area contributed by atoms with Gasteiger partial charge in [-0.2, -0.15) is 5.06 Å². The molecule has 5 nitrogen and oxygen atoms in total. The molecule has 5 heteroatoms. The van der Waals surface area contributed by atoms with Gasteiger partial charge in [-0.05, 0) is 31.4 Å². The lowest BCUT2D eigenvalue weighted by atomic mass is 9.94. The lowest BCUT2D eigenvalue weighted by molar-refractivity contribution is -0.197. The highest BCUT2D eigenvalue weighted by Gasteiger charge is 2.47. The van der Waals surface area contributed by atoms with E-state index < -0.39 is 24.0 Å². The summed E-state index contributed by atoms with van der Waals surface area (Å²) in [6.45, 7) is 7.29. The number of aliphatic hydroxyl groups excluding tert-OH is 1. The lowest BCUT2D eigenvalue weighted by Crippen LogP contribution is -2.48. The molecule has 1 aliphatic heterocycles. The Bertz CT molecular complexity index is 710. The van der Waals surface area contributed by atoms with Gasteiger partial charge >= 0.3 is 0 Å². The molecule has 1 aliphatic rings. The number of hydrogen-bond acceptors (Lipinski definition) is 5. The summed E-state index contributed by atoms with van der Waals surface area (Å²) in [4.78, 5) is 0. The summed E-state index contributed by atoms with van der Waals surface area (Å²) < 4.78 is 11.9. The molecular formula is C23H29NO4. The van der Waals surface area contributed by atoms with Gasteiger partial charge in [0.25, 0.3) is 0 Å². The van der Waals surface area contributed by atoms with E-state index in [1.54, 1.807) is 6.08 Å². The molecule has 0 bridgehead atoms. The van der Waals surface area contributed by atoms with Crippen molar-refractivity contribution in [3.63, 3.8) is 0 Å². The smallest absolute Gasteiger partial charge is 0.163 e. The molecule has 0 aliphatic carbocycles. The van der Waals surface area contributed by atoms with Crippen molar-refractivity contribution in [1.29, 1.82) is 0 Å². The number of hydrogen-bond donors (Lipinski definition) is 2. The van der Waals surface area contributed by atoms with Gasteiger partial charge in [-0.25, -0.2) is 0 Å². The summed E-state index contributed by atoms with van der Waals surface area (Å²) in [5.41, 5.74) is 1.92. The van der Waals surface area contributed by atoms with E-state index in [-0.39, 0.29) is 12.6 Å². The molecule has 0 spiro atoms. The predicted molar refractivity (Wildman–Crippen MR) is 108 cm³/mol. The van der Waals surface area contributed by atoms with Crippen molar-refractivity contribution < 1.29 is 19.8 Å². The highest BCUT2D eigenvalue weighted by atomic mass is 16.8. The Morgan fingerprint density at radius 3 is 2.04 bits per heavy atom. The van der Waals surface area contributed by atoms with Crippen LogP contribution in [0, 0.1) is 0 Å². The largest absolute Gasteiger partial charge is 0.394 e. The zero-order chi connectivity index (χ0) is 20.1. The van der Waals surface area contributed by atoms with E-state index in [2.05, 4.69) is 6.58 Å². The highest BCUT2D eigenvalue weighted by molar-refractivity contribution is 5.31. The Morgan fingerprint density at radius 2 is 1.57 bits per heavy atom. The van der Waals surface area contributed by atoms with Gasteiger partial charge < -0.3 is 19.8 Å². The van der Waals surface area contributed by atoms with Crippen LogP contribution in [-0.2, 0) is 9.47 Å². The van der Waals surface area contributed by atoms with Crippen molar-refractivity contribution in [1.82, 2.24) is 5.06 Å². The van der Waals surface area contributed by atoms with Crippen molar-refractivity contribution in [2.75, 3.05) is 6.61 Å². The fraction of sp³-hybridized carbons (Fsp3) is 0.391. The number of aliphatic hydroxyl groups is 1. The molecule has 1 heterocycles. The summed E-state index contributed by atoms with van der Waals surface area (Å²) in [6, 6.07) is 18.9. The Balaban J connectivity index is 1.99. The number of benzene rings is 2.